The number of urea groups is 1. The van der Waals surface area contributed by atoms with Gasteiger partial charge in [-0.1, -0.05) is 11.6 Å². The monoisotopic (exact) mass is 373 g/mol. The summed E-state index contributed by atoms with van der Waals surface area (Å²) in [7, 11) is 0. The number of halogens is 1. The third-order valence-electron chi connectivity index (χ3n) is 4.66. The summed E-state index contributed by atoms with van der Waals surface area (Å²) < 4.78 is 0. The summed E-state index contributed by atoms with van der Waals surface area (Å²) in [5.74, 6) is 1.64. The van der Waals surface area contributed by atoms with Gasteiger partial charge in [-0.3, -0.25) is 0 Å². The molecule has 2 heterocycles. The number of benzene rings is 1. The van der Waals surface area contributed by atoms with Gasteiger partial charge in [-0.15, -0.1) is 0 Å². The molecule has 1 aromatic heterocycles. The first kappa shape index (κ1) is 18.5. The molecule has 6 nitrogen and oxygen atoms in total. The summed E-state index contributed by atoms with van der Waals surface area (Å²) in [5, 5.41) is 3.55. The molecule has 138 valence electrons. The summed E-state index contributed by atoms with van der Waals surface area (Å²) in [6.07, 6.45) is 0. The molecule has 0 saturated carbocycles. The number of rotatable bonds is 3. The molecule has 7 heteroatoms. The van der Waals surface area contributed by atoms with E-state index in [9.17, 15) is 4.79 Å². The number of carbonyl (C=O) groups is 1. The van der Waals surface area contributed by atoms with Crippen LogP contribution in [0.2, 0.25) is 5.02 Å². The van der Waals surface area contributed by atoms with Gasteiger partial charge in [0.05, 0.1) is 0 Å². The van der Waals surface area contributed by atoms with Gasteiger partial charge in [0.2, 0.25) is 0 Å². The van der Waals surface area contributed by atoms with Crippen LogP contribution in [0.4, 0.5) is 10.6 Å². The van der Waals surface area contributed by atoms with Crippen molar-refractivity contribution in [3.63, 3.8) is 0 Å². The highest BCUT2D eigenvalue weighted by Gasteiger charge is 2.23. The third kappa shape index (κ3) is 3.90. The Bertz CT molecular complexity index is 785. The highest BCUT2D eigenvalue weighted by Crippen LogP contribution is 2.26. The van der Waals surface area contributed by atoms with Crippen LogP contribution in [-0.2, 0) is 0 Å². The van der Waals surface area contributed by atoms with Gasteiger partial charge in [0, 0.05) is 54.6 Å². The van der Waals surface area contributed by atoms with E-state index < -0.39 is 0 Å². The lowest BCUT2D eigenvalue weighted by atomic mass is 10.1. The Morgan fingerprint density at radius 1 is 1.12 bits per heavy atom. The van der Waals surface area contributed by atoms with Gasteiger partial charge in [0.1, 0.15) is 5.82 Å². The Labute approximate surface area is 159 Å². The standard InChI is InChI=1S/C19H24ClN5O/c1-4-21-19(26)25-11-9-24(10-12-25)18-13(2)14(3)22-17(23-18)15-5-7-16(20)8-6-15/h5-8H,4,9-12H2,1-3H3,(H,21,26). The molecule has 26 heavy (non-hydrogen) atoms. The van der Waals surface area contributed by atoms with Crippen molar-refractivity contribution in [3.05, 3.63) is 40.5 Å². The molecule has 0 bridgehead atoms. The van der Waals surface area contributed by atoms with Crippen LogP contribution in [0.15, 0.2) is 24.3 Å². The molecular weight excluding hydrogens is 350 g/mol. The number of hydrogen-bond acceptors (Lipinski definition) is 4. The maximum atomic E-state index is 12.0. The van der Waals surface area contributed by atoms with Crippen LogP contribution in [0, 0.1) is 13.8 Å². The zero-order valence-corrected chi connectivity index (χ0v) is 16.2. The number of aryl methyl sites for hydroxylation is 1. The van der Waals surface area contributed by atoms with Gasteiger partial charge < -0.3 is 15.1 Å². The van der Waals surface area contributed by atoms with E-state index in [0.29, 0.717) is 30.5 Å². The van der Waals surface area contributed by atoms with Crippen LogP contribution in [0.25, 0.3) is 11.4 Å². The van der Waals surface area contributed by atoms with Gasteiger partial charge in [0.25, 0.3) is 0 Å². The van der Waals surface area contributed by atoms with Crippen molar-refractivity contribution in [3.8, 4) is 11.4 Å². The highest BCUT2D eigenvalue weighted by atomic mass is 35.5. The molecular formula is C19H24ClN5O. The second kappa shape index (κ2) is 7.91. The molecule has 3 rings (SSSR count). The Kier molecular flexibility index (Phi) is 5.61. The van der Waals surface area contributed by atoms with Crippen molar-refractivity contribution >= 4 is 23.4 Å². The van der Waals surface area contributed by atoms with Crippen LogP contribution >= 0.6 is 11.6 Å². The molecule has 1 N–H and O–H groups in total. The summed E-state index contributed by atoms with van der Waals surface area (Å²) in [6, 6.07) is 7.57. The van der Waals surface area contributed by atoms with Crippen LogP contribution < -0.4 is 10.2 Å². The topological polar surface area (TPSA) is 61.4 Å². The van der Waals surface area contributed by atoms with Crippen LogP contribution in [0.3, 0.4) is 0 Å². The second-order valence-electron chi connectivity index (χ2n) is 6.40. The summed E-state index contributed by atoms with van der Waals surface area (Å²) in [5.41, 5.74) is 2.99. The van der Waals surface area contributed by atoms with Crippen molar-refractivity contribution in [1.82, 2.24) is 20.2 Å². The molecule has 1 aliphatic heterocycles. The Morgan fingerprint density at radius 3 is 2.38 bits per heavy atom. The van der Waals surface area contributed by atoms with Gasteiger partial charge >= 0.3 is 6.03 Å². The van der Waals surface area contributed by atoms with E-state index in [1.54, 1.807) is 0 Å². The zero-order chi connectivity index (χ0) is 18.7. The Hall–Kier alpha value is -2.34. The minimum absolute atomic E-state index is 0.00425. The molecule has 1 fully saturated rings. The van der Waals surface area contributed by atoms with Gasteiger partial charge in [-0.2, -0.15) is 0 Å². The van der Waals surface area contributed by atoms with Gasteiger partial charge in [0.15, 0.2) is 5.82 Å². The maximum Gasteiger partial charge on any atom is 0.317 e. The number of hydrogen-bond donors (Lipinski definition) is 1. The quantitative estimate of drug-likeness (QED) is 0.897. The maximum absolute atomic E-state index is 12.0. The van der Waals surface area contributed by atoms with Crippen molar-refractivity contribution in [1.29, 1.82) is 0 Å². The predicted octanol–water partition coefficient (Wildman–Crippen LogP) is 3.27. The lowest BCUT2D eigenvalue weighted by molar-refractivity contribution is 0.195. The van der Waals surface area contributed by atoms with E-state index in [1.807, 2.05) is 49.9 Å². The summed E-state index contributed by atoms with van der Waals surface area (Å²) >= 11 is 5.98. The van der Waals surface area contributed by atoms with E-state index in [-0.39, 0.29) is 6.03 Å². The molecule has 1 aliphatic rings. The zero-order valence-electron chi connectivity index (χ0n) is 15.4. The smallest absolute Gasteiger partial charge is 0.317 e. The molecule has 0 aliphatic carbocycles. The van der Waals surface area contributed by atoms with E-state index in [1.165, 1.54) is 0 Å². The fraction of sp³-hybridized carbons (Fsp3) is 0.421. The summed E-state index contributed by atoms with van der Waals surface area (Å²) in [4.78, 5) is 25.5. The van der Waals surface area contributed by atoms with Crippen LogP contribution in [-0.4, -0.2) is 53.6 Å². The normalized spacial score (nSPS) is 14.5. The number of carbonyl (C=O) groups excluding carboxylic acids is 1. The van der Waals surface area contributed by atoms with Gasteiger partial charge in [-0.25, -0.2) is 14.8 Å². The predicted molar refractivity (Wildman–Crippen MR) is 105 cm³/mol. The highest BCUT2D eigenvalue weighted by molar-refractivity contribution is 6.30. The van der Waals surface area contributed by atoms with E-state index in [2.05, 4.69) is 15.2 Å². The Balaban J connectivity index is 1.82. The Morgan fingerprint density at radius 2 is 1.77 bits per heavy atom. The minimum atomic E-state index is 0.00425. The number of anilines is 1. The third-order valence-corrected chi connectivity index (χ3v) is 4.91. The average Bonchev–Trinajstić information content (AvgIpc) is 2.65. The minimum Gasteiger partial charge on any atom is -0.353 e. The summed E-state index contributed by atoms with van der Waals surface area (Å²) in [6.45, 7) is 9.52. The molecule has 0 spiro atoms. The number of aromatic nitrogens is 2. The second-order valence-corrected chi connectivity index (χ2v) is 6.83. The number of amides is 2. The van der Waals surface area contributed by atoms with Crippen molar-refractivity contribution in [2.24, 2.45) is 0 Å². The molecule has 1 saturated heterocycles. The first-order valence-electron chi connectivity index (χ1n) is 8.88. The van der Waals surface area contributed by atoms with E-state index in [4.69, 9.17) is 16.6 Å². The first-order chi connectivity index (χ1) is 12.5. The number of piperazine rings is 1. The van der Waals surface area contributed by atoms with E-state index >= 15 is 0 Å². The molecule has 1 aromatic carbocycles. The van der Waals surface area contributed by atoms with Crippen LogP contribution in [0.5, 0.6) is 0 Å². The molecule has 0 radical (unpaired) electrons. The molecule has 0 atom stereocenters. The first-order valence-corrected chi connectivity index (χ1v) is 9.26. The average molecular weight is 374 g/mol. The fourth-order valence-electron chi connectivity index (χ4n) is 3.03. The van der Waals surface area contributed by atoms with Crippen molar-refractivity contribution in [2.45, 2.75) is 20.8 Å². The fourth-order valence-corrected chi connectivity index (χ4v) is 3.16. The molecule has 0 unspecified atom stereocenters. The van der Waals surface area contributed by atoms with E-state index in [0.717, 1.165) is 35.7 Å². The van der Waals surface area contributed by atoms with Crippen molar-refractivity contribution in [2.75, 3.05) is 37.6 Å². The largest absolute Gasteiger partial charge is 0.353 e. The lowest BCUT2D eigenvalue weighted by Gasteiger charge is -2.36. The number of nitrogens with zero attached hydrogens (tertiary/aromatic N) is 4. The van der Waals surface area contributed by atoms with Crippen molar-refractivity contribution < 1.29 is 4.79 Å². The molecule has 2 aromatic rings. The van der Waals surface area contributed by atoms with Crippen LogP contribution in [0.1, 0.15) is 18.2 Å². The lowest BCUT2D eigenvalue weighted by Crippen LogP contribution is -2.52. The number of nitrogens with one attached hydrogen (secondary N) is 1. The van der Waals surface area contributed by atoms with Gasteiger partial charge in [-0.05, 0) is 45.0 Å². The SMILES string of the molecule is CCNC(=O)N1CCN(c2nc(-c3ccc(Cl)cc3)nc(C)c2C)CC1. The molecule has 2 amide bonds.